The van der Waals surface area contributed by atoms with E-state index in [1.54, 1.807) is 0 Å². The van der Waals surface area contributed by atoms with Gasteiger partial charge in [0, 0.05) is 4.70 Å². The highest BCUT2D eigenvalue weighted by atomic mass is 32.1. The lowest BCUT2D eigenvalue weighted by atomic mass is 10.2. The summed E-state index contributed by atoms with van der Waals surface area (Å²) in [5.41, 5.74) is 5.26. The van der Waals surface area contributed by atoms with E-state index >= 15 is 0 Å². The summed E-state index contributed by atoms with van der Waals surface area (Å²) >= 11 is 1.18. The standard InChI is InChI=1S/C8H5FN2O2S/c9-5-1-4-7(11(12)13)3-14-8(4)2-6(5)10/h1-3H,10H2. The first kappa shape index (κ1) is 8.89. The minimum absolute atomic E-state index is 0.00856. The van der Waals surface area contributed by atoms with Crippen molar-refractivity contribution < 1.29 is 9.31 Å². The van der Waals surface area contributed by atoms with E-state index in [-0.39, 0.29) is 11.4 Å². The Labute approximate surface area is 81.9 Å². The van der Waals surface area contributed by atoms with Crippen molar-refractivity contribution in [3.8, 4) is 0 Å². The molecule has 0 unspecified atom stereocenters. The zero-order valence-corrected chi connectivity index (χ0v) is 7.68. The number of nitro groups is 1. The third-order valence-corrected chi connectivity index (χ3v) is 2.80. The number of nitrogens with zero attached hydrogens (tertiary/aromatic N) is 1. The summed E-state index contributed by atoms with van der Waals surface area (Å²) in [6.45, 7) is 0. The van der Waals surface area contributed by atoms with Crippen LogP contribution >= 0.6 is 11.3 Å². The average molecular weight is 212 g/mol. The Hall–Kier alpha value is -1.69. The van der Waals surface area contributed by atoms with E-state index in [9.17, 15) is 14.5 Å². The highest BCUT2D eigenvalue weighted by Gasteiger charge is 2.15. The minimum atomic E-state index is -0.626. The monoisotopic (exact) mass is 212 g/mol. The van der Waals surface area contributed by atoms with Crippen molar-refractivity contribution in [2.75, 3.05) is 5.73 Å². The van der Waals surface area contributed by atoms with Gasteiger partial charge >= 0.3 is 0 Å². The van der Waals surface area contributed by atoms with Gasteiger partial charge in [-0.05, 0) is 12.1 Å². The van der Waals surface area contributed by atoms with Crippen molar-refractivity contribution >= 4 is 32.8 Å². The molecule has 0 bridgehead atoms. The van der Waals surface area contributed by atoms with E-state index < -0.39 is 10.7 Å². The van der Waals surface area contributed by atoms with Crippen LogP contribution in [0.1, 0.15) is 0 Å². The molecule has 0 spiro atoms. The molecule has 0 aliphatic rings. The number of rotatable bonds is 1. The predicted molar refractivity (Wildman–Crippen MR) is 52.8 cm³/mol. The first-order valence-electron chi connectivity index (χ1n) is 3.70. The highest BCUT2D eigenvalue weighted by Crippen LogP contribution is 2.34. The van der Waals surface area contributed by atoms with Crippen LogP contribution in [0.15, 0.2) is 17.5 Å². The smallest absolute Gasteiger partial charge is 0.287 e. The molecule has 0 aliphatic carbocycles. The summed E-state index contributed by atoms with van der Waals surface area (Å²) in [5.74, 6) is -0.626. The Morgan fingerprint density at radius 3 is 2.86 bits per heavy atom. The van der Waals surface area contributed by atoms with Gasteiger partial charge in [-0.3, -0.25) is 10.1 Å². The fourth-order valence-corrected chi connectivity index (χ4v) is 2.13. The summed E-state index contributed by atoms with van der Waals surface area (Å²) in [5, 5.41) is 12.2. The Kier molecular flexibility index (Phi) is 1.85. The maximum atomic E-state index is 13.0. The van der Waals surface area contributed by atoms with Gasteiger partial charge in [0.15, 0.2) is 0 Å². The molecular formula is C8H5FN2O2S. The number of hydrogen-bond donors (Lipinski definition) is 1. The molecule has 1 heterocycles. The third-order valence-electron chi connectivity index (χ3n) is 1.87. The molecule has 4 nitrogen and oxygen atoms in total. The number of anilines is 1. The topological polar surface area (TPSA) is 69.2 Å². The van der Waals surface area contributed by atoms with Gasteiger partial charge in [-0.25, -0.2) is 4.39 Å². The predicted octanol–water partition coefficient (Wildman–Crippen LogP) is 2.53. The number of halogens is 1. The molecule has 1 aromatic carbocycles. The Morgan fingerprint density at radius 2 is 2.21 bits per heavy atom. The van der Waals surface area contributed by atoms with Crippen molar-refractivity contribution in [3.63, 3.8) is 0 Å². The van der Waals surface area contributed by atoms with Crippen LogP contribution in [0.2, 0.25) is 0 Å². The zero-order valence-electron chi connectivity index (χ0n) is 6.86. The summed E-state index contributed by atoms with van der Waals surface area (Å²) < 4.78 is 13.6. The second-order valence-corrected chi connectivity index (χ2v) is 3.66. The number of nitrogen functional groups attached to an aromatic ring is 1. The lowest BCUT2D eigenvalue weighted by Crippen LogP contribution is -1.90. The SMILES string of the molecule is Nc1cc2scc([N+](=O)[O-])c2cc1F. The number of nitrogens with two attached hydrogens (primary N) is 1. The molecule has 2 aromatic rings. The molecule has 2 N–H and O–H groups in total. The van der Waals surface area contributed by atoms with Crippen LogP contribution in [-0.4, -0.2) is 4.92 Å². The summed E-state index contributed by atoms with van der Waals surface area (Å²) in [7, 11) is 0. The molecule has 0 saturated carbocycles. The van der Waals surface area contributed by atoms with Crippen molar-refractivity contribution in [1.82, 2.24) is 0 Å². The maximum Gasteiger partial charge on any atom is 0.287 e. The molecule has 72 valence electrons. The van der Waals surface area contributed by atoms with Crippen molar-refractivity contribution in [1.29, 1.82) is 0 Å². The Morgan fingerprint density at radius 1 is 1.50 bits per heavy atom. The maximum absolute atomic E-state index is 13.0. The largest absolute Gasteiger partial charge is 0.396 e. The molecule has 0 atom stereocenters. The first-order chi connectivity index (χ1) is 6.59. The quantitative estimate of drug-likeness (QED) is 0.448. The molecule has 0 amide bonds. The van der Waals surface area contributed by atoms with Crippen LogP contribution in [0.25, 0.3) is 10.1 Å². The molecular weight excluding hydrogens is 207 g/mol. The van der Waals surface area contributed by atoms with Crippen molar-refractivity contribution in [2.45, 2.75) is 0 Å². The molecule has 0 aliphatic heterocycles. The summed E-state index contributed by atoms with van der Waals surface area (Å²) in [4.78, 5) is 10.00. The number of thiophene rings is 1. The fraction of sp³-hybridized carbons (Fsp3) is 0. The van der Waals surface area contributed by atoms with Gasteiger partial charge in [0.1, 0.15) is 5.82 Å². The minimum Gasteiger partial charge on any atom is -0.396 e. The second kappa shape index (κ2) is 2.91. The van der Waals surface area contributed by atoms with Gasteiger partial charge in [0.2, 0.25) is 0 Å². The first-order valence-corrected chi connectivity index (χ1v) is 4.58. The molecule has 2 rings (SSSR count). The van der Waals surface area contributed by atoms with Crippen LogP contribution in [-0.2, 0) is 0 Å². The lowest BCUT2D eigenvalue weighted by molar-refractivity contribution is -0.382. The Bertz CT molecular complexity index is 523. The molecule has 0 saturated heterocycles. The van der Waals surface area contributed by atoms with Crippen LogP contribution in [0.5, 0.6) is 0 Å². The molecule has 1 aromatic heterocycles. The Balaban J connectivity index is 2.80. The van der Waals surface area contributed by atoms with Gasteiger partial charge < -0.3 is 5.73 Å². The third kappa shape index (κ3) is 1.20. The molecule has 0 radical (unpaired) electrons. The van der Waals surface area contributed by atoms with Gasteiger partial charge in [0.25, 0.3) is 5.69 Å². The van der Waals surface area contributed by atoms with E-state index in [1.807, 2.05) is 0 Å². The van der Waals surface area contributed by atoms with Crippen LogP contribution in [0, 0.1) is 15.9 Å². The van der Waals surface area contributed by atoms with Gasteiger partial charge in [-0.2, -0.15) is 0 Å². The van der Waals surface area contributed by atoms with Gasteiger partial charge in [-0.1, -0.05) is 0 Å². The average Bonchev–Trinajstić information content (AvgIpc) is 2.48. The van der Waals surface area contributed by atoms with Gasteiger partial charge in [-0.15, -0.1) is 11.3 Å². The fourth-order valence-electron chi connectivity index (χ4n) is 1.19. The number of benzene rings is 1. The molecule has 6 heteroatoms. The van der Waals surface area contributed by atoms with E-state index in [0.717, 1.165) is 6.07 Å². The van der Waals surface area contributed by atoms with Crippen molar-refractivity contribution in [2.24, 2.45) is 0 Å². The van der Waals surface area contributed by atoms with Crippen LogP contribution in [0.4, 0.5) is 15.8 Å². The molecule has 14 heavy (non-hydrogen) atoms. The van der Waals surface area contributed by atoms with Crippen LogP contribution < -0.4 is 5.73 Å². The lowest BCUT2D eigenvalue weighted by Gasteiger charge is -1.95. The zero-order chi connectivity index (χ0) is 10.3. The van der Waals surface area contributed by atoms with Gasteiger partial charge in [0.05, 0.1) is 21.4 Å². The number of fused-ring (bicyclic) bond motifs is 1. The number of hydrogen-bond acceptors (Lipinski definition) is 4. The second-order valence-electron chi connectivity index (χ2n) is 2.75. The van der Waals surface area contributed by atoms with E-state index in [1.165, 1.54) is 22.8 Å². The van der Waals surface area contributed by atoms with E-state index in [4.69, 9.17) is 5.73 Å². The van der Waals surface area contributed by atoms with E-state index in [0.29, 0.717) is 10.1 Å². The molecule has 0 fully saturated rings. The van der Waals surface area contributed by atoms with Crippen LogP contribution in [0.3, 0.4) is 0 Å². The van der Waals surface area contributed by atoms with E-state index in [2.05, 4.69) is 0 Å². The normalized spacial score (nSPS) is 10.6. The summed E-state index contributed by atoms with van der Waals surface area (Å²) in [6.07, 6.45) is 0. The summed E-state index contributed by atoms with van der Waals surface area (Å²) in [6, 6.07) is 2.50. The highest BCUT2D eigenvalue weighted by molar-refractivity contribution is 7.17. The van der Waals surface area contributed by atoms with Crippen molar-refractivity contribution in [3.05, 3.63) is 33.4 Å².